The van der Waals surface area contributed by atoms with E-state index in [2.05, 4.69) is 215 Å². The summed E-state index contributed by atoms with van der Waals surface area (Å²) < 4.78 is 4.81. The average molecular weight is 715 g/mol. The van der Waals surface area contributed by atoms with E-state index in [0.29, 0.717) is 0 Å². The fraction of sp³-hybridized carbons (Fsp3) is 0.0370. The number of aromatic nitrogens is 2. The van der Waals surface area contributed by atoms with Crippen LogP contribution in [0.4, 0.5) is 0 Å². The molecule has 0 spiro atoms. The topological polar surface area (TPSA) is 9.86 Å². The molecular formula is C54H38N2. The molecule has 2 heteroatoms. The maximum Gasteiger partial charge on any atom is 0.0541 e. The number of allylic oxidation sites excluding steroid dienone is 4. The van der Waals surface area contributed by atoms with Crippen molar-refractivity contribution < 1.29 is 0 Å². The molecule has 1 aliphatic carbocycles. The van der Waals surface area contributed by atoms with E-state index in [4.69, 9.17) is 0 Å². The third-order valence-electron chi connectivity index (χ3n) is 11.6. The molecule has 0 fully saturated rings. The minimum absolute atomic E-state index is 1.10. The Hall–Kier alpha value is -7.16. The van der Waals surface area contributed by atoms with Crippen LogP contribution in [-0.4, -0.2) is 9.13 Å². The third kappa shape index (κ3) is 5.41. The van der Waals surface area contributed by atoms with E-state index < -0.39 is 0 Å². The lowest BCUT2D eigenvalue weighted by Gasteiger charge is -2.12. The van der Waals surface area contributed by atoms with Crippen molar-refractivity contribution in [3.63, 3.8) is 0 Å². The lowest BCUT2D eigenvalue weighted by atomic mass is 9.94. The van der Waals surface area contributed by atoms with E-state index in [-0.39, 0.29) is 0 Å². The van der Waals surface area contributed by atoms with Crippen molar-refractivity contribution in [1.29, 1.82) is 0 Å². The van der Waals surface area contributed by atoms with Gasteiger partial charge in [-0.15, -0.1) is 0 Å². The highest BCUT2D eigenvalue weighted by molar-refractivity contribution is 6.12. The summed E-state index contributed by atoms with van der Waals surface area (Å²) in [5.74, 6) is 0. The summed E-state index contributed by atoms with van der Waals surface area (Å²) in [6.45, 7) is 0. The second kappa shape index (κ2) is 13.3. The van der Waals surface area contributed by atoms with Crippen molar-refractivity contribution in [3.8, 4) is 44.8 Å². The predicted molar refractivity (Wildman–Crippen MR) is 238 cm³/mol. The molecule has 0 unspecified atom stereocenters. The number of fused-ring (bicyclic) bond motifs is 6. The Labute approximate surface area is 326 Å². The van der Waals surface area contributed by atoms with Gasteiger partial charge in [0.05, 0.1) is 22.1 Å². The first-order chi connectivity index (χ1) is 27.8. The Balaban J connectivity index is 0.975. The van der Waals surface area contributed by atoms with E-state index in [1.54, 1.807) is 0 Å². The maximum atomic E-state index is 2.41. The van der Waals surface area contributed by atoms with Gasteiger partial charge in [-0.2, -0.15) is 0 Å². The summed E-state index contributed by atoms with van der Waals surface area (Å²) in [5, 5.41) is 5.02. The van der Waals surface area contributed by atoms with E-state index in [1.807, 2.05) is 0 Å². The van der Waals surface area contributed by atoms with Gasteiger partial charge >= 0.3 is 0 Å². The Bertz CT molecular complexity index is 3150. The summed E-state index contributed by atoms with van der Waals surface area (Å²) >= 11 is 0. The molecule has 264 valence electrons. The number of para-hydroxylation sites is 2. The highest BCUT2D eigenvalue weighted by Gasteiger charge is 2.16. The van der Waals surface area contributed by atoms with Gasteiger partial charge in [0, 0.05) is 32.9 Å². The summed E-state index contributed by atoms with van der Waals surface area (Å²) in [5.41, 5.74) is 17.2. The predicted octanol–water partition coefficient (Wildman–Crippen LogP) is 14.6. The Morgan fingerprint density at radius 3 is 1.34 bits per heavy atom. The van der Waals surface area contributed by atoms with Crippen molar-refractivity contribution in [2.24, 2.45) is 0 Å². The first-order valence-electron chi connectivity index (χ1n) is 19.6. The highest BCUT2D eigenvalue weighted by atomic mass is 15.0. The average Bonchev–Trinajstić information content (AvgIpc) is 3.79. The van der Waals surface area contributed by atoms with Crippen LogP contribution in [0.2, 0.25) is 0 Å². The van der Waals surface area contributed by atoms with Crippen LogP contribution < -0.4 is 0 Å². The first kappa shape index (κ1) is 32.3. The molecule has 2 aromatic heterocycles. The van der Waals surface area contributed by atoms with Crippen LogP contribution in [0.25, 0.3) is 93.9 Å². The van der Waals surface area contributed by atoms with Gasteiger partial charge in [-0.3, -0.25) is 0 Å². The fourth-order valence-corrected chi connectivity index (χ4v) is 8.84. The summed E-state index contributed by atoms with van der Waals surface area (Å²) in [6.07, 6.45) is 8.88. The minimum Gasteiger partial charge on any atom is -0.309 e. The zero-order valence-electron chi connectivity index (χ0n) is 30.9. The standard InChI is InChI=1S/C54H38N2/c1-3-12-37(13-4-1)39-22-28-45(29-23-39)55-51-20-9-7-18-47(51)49-35-43(26-32-53(49)55)44-27-33-54-50(36-44)48-19-8-10-21-52(48)56(54)46-30-24-40(25-31-46)42-17-11-16-41(34-42)38-14-5-2-6-15-38/h1-5,7-14,16-36H,6,15H2. The number of benzene rings is 8. The van der Waals surface area contributed by atoms with Gasteiger partial charge in [-0.25, -0.2) is 0 Å². The Morgan fingerprint density at radius 2 is 0.768 bits per heavy atom. The van der Waals surface area contributed by atoms with Crippen LogP contribution in [0.3, 0.4) is 0 Å². The summed E-state index contributed by atoms with van der Waals surface area (Å²) in [7, 11) is 0. The molecule has 0 saturated heterocycles. The molecule has 1 aliphatic rings. The smallest absolute Gasteiger partial charge is 0.0541 e. The Morgan fingerprint density at radius 1 is 0.321 bits per heavy atom. The molecule has 8 aromatic carbocycles. The quantitative estimate of drug-likeness (QED) is 0.162. The molecule has 0 atom stereocenters. The van der Waals surface area contributed by atoms with Gasteiger partial charge in [-0.05, 0) is 124 Å². The lowest BCUT2D eigenvalue weighted by molar-refractivity contribution is 1.05. The van der Waals surface area contributed by atoms with Gasteiger partial charge in [0.25, 0.3) is 0 Å². The molecule has 11 rings (SSSR count). The van der Waals surface area contributed by atoms with Crippen molar-refractivity contribution in [1.82, 2.24) is 9.13 Å². The second-order valence-corrected chi connectivity index (χ2v) is 14.9. The molecule has 0 saturated carbocycles. The molecule has 10 aromatic rings. The molecule has 2 nitrogen and oxygen atoms in total. The van der Waals surface area contributed by atoms with Crippen molar-refractivity contribution in [2.75, 3.05) is 0 Å². The zero-order valence-corrected chi connectivity index (χ0v) is 30.9. The SMILES string of the molecule is C1=CCCC(c2cccc(-c3ccc(-n4c5ccccc5c5cc(-c6ccc7c(c6)c6ccccc6n7-c6ccc(-c7ccccc7)cc6)ccc54)cc3)c2)=C1. The number of hydrogen-bond acceptors (Lipinski definition) is 0. The van der Waals surface area contributed by atoms with Gasteiger partial charge < -0.3 is 9.13 Å². The molecule has 0 bridgehead atoms. The summed E-state index contributed by atoms with van der Waals surface area (Å²) in [6, 6.07) is 69.1. The number of nitrogens with zero attached hydrogens (tertiary/aromatic N) is 2. The zero-order chi connectivity index (χ0) is 37.0. The van der Waals surface area contributed by atoms with Crippen LogP contribution in [0.5, 0.6) is 0 Å². The largest absolute Gasteiger partial charge is 0.309 e. The van der Waals surface area contributed by atoms with Crippen molar-refractivity contribution in [2.45, 2.75) is 12.8 Å². The highest BCUT2D eigenvalue weighted by Crippen LogP contribution is 2.39. The van der Waals surface area contributed by atoms with E-state index in [0.717, 1.165) is 24.2 Å². The van der Waals surface area contributed by atoms with E-state index in [9.17, 15) is 0 Å². The van der Waals surface area contributed by atoms with Crippen LogP contribution in [-0.2, 0) is 0 Å². The number of hydrogen-bond donors (Lipinski definition) is 0. The lowest BCUT2D eigenvalue weighted by Crippen LogP contribution is -1.94. The van der Waals surface area contributed by atoms with Crippen LogP contribution in [0.15, 0.2) is 206 Å². The summed E-state index contributed by atoms with van der Waals surface area (Å²) in [4.78, 5) is 0. The van der Waals surface area contributed by atoms with Gasteiger partial charge in [0.1, 0.15) is 0 Å². The van der Waals surface area contributed by atoms with E-state index >= 15 is 0 Å². The van der Waals surface area contributed by atoms with Crippen LogP contribution in [0, 0.1) is 0 Å². The monoisotopic (exact) mass is 714 g/mol. The second-order valence-electron chi connectivity index (χ2n) is 14.9. The van der Waals surface area contributed by atoms with Gasteiger partial charge in [0.2, 0.25) is 0 Å². The van der Waals surface area contributed by atoms with Crippen molar-refractivity contribution in [3.05, 3.63) is 212 Å². The maximum absolute atomic E-state index is 2.41. The van der Waals surface area contributed by atoms with Gasteiger partial charge in [-0.1, -0.05) is 140 Å². The minimum atomic E-state index is 1.10. The van der Waals surface area contributed by atoms with Gasteiger partial charge in [0.15, 0.2) is 0 Å². The van der Waals surface area contributed by atoms with E-state index in [1.165, 1.54) is 88.1 Å². The molecule has 0 aliphatic heterocycles. The fourth-order valence-electron chi connectivity index (χ4n) is 8.84. The van der Waals surface area contributed by atoms with Crippen molar-refractivity contribution >= 4 is 49.2 Å². The Kier molecular flexibility index (Phi) is 7.67. The molecule has 56 heavy (non-hydrogen) atoms. The molecule has 0 radical (unpaired) electrons. The third-order valence-corrected chi connectivity index (χ3v) is 11.6. The molecule has 0 N–H and O–H groups in total. The van der Waals surface area contributed by atoms with Crippen LogP contribution in [0.1, 0.15) is 18.4 Å². The molecule has 0 amide bonds. The molecule has 2 heterocycles. The first-order valence-corrected chi connectivity index (χ1v) is 19.6. The van der Waals surface area contributed by atoms with Crippen LogP contribution >= 0.6 is 0 Å². The molecular weight excluding hydrogens is 677 g/mol. The normalized spacial score (nSPS) is 12.9. The number of rotatable bonds is 6.